The van der Waals surface area contributed by atoms with Crippen molar-refractivity contribution in [1.82, 2.24) is 10.2 Å². The van der Waals surface area contributed by atoms with E-state index in [1.807, 2.05) is 4.90 Å². The molecule has 1 aromatic rings. The molecule has 1 heterocycles. The van der Waals surface area contributed by atoms with Crippen LogP contribution in [0.1, 0.15) is 29.6 Å². The molecular weight excluding hydrogens is 354 g/mol. The molecule has 1 aromatic carbocycles. The Morgan fingerprint density at radius 2 is 1.76 bits per heavy atom. The number of hydrogen-bond donors (Lipinski definition) is 1. The molecule has 1 atom stereocenters. The molecule has 1 amide bonds. The van der Waals surface area contributed by atoms with Crippen molar-refractivity contribution in [1.29, 1.82) is 0 Å². The molecular formula is C14H16Cl4N2O. The normalized spacial score (nSPS) is 18.3. The summed E-state index contributed by atoms with van der Waals surface area (Å²) >= 11 is 24.2. The standard InChI is InChI=1S/C14H16Cl4N2O/c15-11-7-3-2-6-10(11)12(21)19-13(14(16,17)18)20-8-4-1-5-9-20/h2-3,6-7,13H,1,4-5,8-9H2,(H,19,21)/t13-/m0/s1. The first-order valence-corrected chi connectivity index (χ1v) is 8.27. The maximum atomic E-state index is 12.4. The van der Waals surface area contributed by atoms with Gasteiger partial charge in [-0.2, -0.15) is 0 Å². The van der Waals surface area contributed by atoms with E-state index in [1.165, 1.54) is 0 Å². The molecule has 1 fully saturated rings. The second kappa shape index (κ2) is 7.38. The van der Waals surface area contributed by atoms with Gasteiger partial charge in [0.2, 0.25) is 3.79 Å². The van der Waals surface area contributed by atoms with Crippen molar-refractivity contribution in [2.24, 2.45) is 0 Å². The topological polar surface area (TPSA) is 32.3 Å². The smallest absolute Gasteiger partial charge is 0.254 e. The van der Waals surface area contributed by atoms with Gasteiger partial charge in [-0.1, -0.05) is 65.0 Å². The highest BCUT2D eigenvalue weighted by molar-refractivity contribution is 6.68. The summed E-state index contributed by atoms with van der Waals surface area (Å²) in [6, 6.07) is 6.80. The van der Waals surface area contributed by atoms with Crippen LogP contribution in [-0.4, -0.2) is 33.9 Å². The van der Waals surface area contributed by atoms with Gasteiger partial charge in [-0.05, 0) is 25.0 Å². The van der Waals surface area contributed by atoms with Gasteiger partial charge < -0.3 is 5.32 Å². The Morgan fingerprint density at radius 1 is 1.14 bits per heavy atom. The Hall–Kier alpha value is -0.190. The van der Waals surface area contributed by atoms with E-state index in [0.29, 0.717) is 10.6 Å². The molecule has 2 rings (SSSR count). The van der Waals surface area contributed by atoms with Crippen LogP contribution < -0.4 is 5.32 Å². The van der Waals surface area contributed by atoms with E-state index >= 15 is 0 Å². The number of hydrogen-bond acceptors (Lipinski definition) is 2. The number of piperidine rings is 1. The average Bonchev–Trinajstić information content (AvgIpc) is 2.44. The summed E-state index contributed by atoms with van der Waals surface area (Å²) < 4.78 is -1.60. The Labute approximate surface area is 144 Å². The van der Waals surface area contributed by atoms with Gasteiger partial charge in [0.25, 0.3) is 5.91 Å². The van der Waals surface area contributed by atoms with Crippen LogP contribution in [-0.2, 0) is 0 Å². The van der Waals surface area contributed by atoms with Crippen molar-refractivity contribution in [3.05, 3.63) is 34.9 Å². The van der Waals surface area contributed by atoms with Gasteiger partial charge in [0, 0.05) is 13.1 Å². The number of benzene rings is 1. The van der Waals surface area contributed by atoms with E-state index in [1.54, 1.807) is 24.3 Å². The zero-order valence-electron chi connectivity index (χ0n) is 11.3. The fourth-order valence-corrected chi connectivity index (χ4v) is 3.20. The van der Waals surface area contributed by atoms with Gasteiger partial charge in [0.15, 0.2) is 0 Å². The Bertz CT molecular complexity index is 498. The van der Waals surface area contributed by atoms with Crippen LogP contribution in [0, 0.1) is 0 Å². The first kappa shape index (κ1) is 17.2. The molecule has 3 nitrogen and oxygen atoms in total. The Morgan fingerprint density at radius 3 is 2.33 bits per heavy atom. The SMILES string of the molecule is O=C(N[C@@H](N1CCCCC1)C(Cl)(Cl)Cl)c1ccccc1Cl. The molecule has 1 aliphatic heterocycles. The second-order valence-corrected chi connectivity index (χ2v) is 7.77. The maximum absolute atomic E-state index is 12.4. The molecule has 1 aliphatic rings. The molecule has 1 N–H and O–H groups in total. The molecule has 0 saturated carbocycles. The Balaban J connectivity index is 2.15. The summed E-state index contributed by atoms with van der Waals surface area (Å²) in [4.78, 5) is 14.4. The van der Waals surface area contributed by atoms with Gasteiger partial charge in [-0.25, -0.2) is 0 Å². The largest absolute Gasteiger partial charge is 0.332 e. The van der Waals surface area contributed by atoms with Gasteiger partial charge in [0.1, 0.15) is 6.17 Å². The first-order valence-electron chi connectivity index (χ1n) is 6.76. The lowest BCUT2D eigenvalue weighted by molar-refractivity contribution is 0.0819. The molecule has 0 spiro atoms. The summed E-state index contributed by atoms with van der Waals surface area (Å²) in [5.74, 6) is -0.345. The number of rotatable bonds is 3. The average molecular weight is 370 g/mol. The molecule has 1 saturated heterocycles. The number of carbonyl (C=O) groups is 1. The van der Waals surface area contributed by atoms with Crippen molar-refractivity contribution < 1.29 is 4.79 Å². The number of amides is 1. The molecule has 0 aromatic heterocycles. The predicted octanol–water partition coefficient (Wildman–Crippen LogP) is 4.25. The van der Waals surface area contributed by atoms with E-state index in [9.17, 15) is 4.79 Å². The highest BCUT2D eigenvalue weighted by atomic mass is 35.6. The van der Waals surface area contributed by atoms with Crippen LogP contribution in [0.15, 0.2) is 24.3 Å². The third kappa shape index (κ3) is 4.64. The lowest BCUT2D eigenvalue weighted by Crippen LogP contribution is -2.56. The van der Waals surface area contributed by atoms with E-state index in [2.05, 4.69) is 5.32 Å². The van der Waals surface area contributed by atoms with Crippen molar-refractivity contribution in [2.45, 2.75) is 29.2 Å². The highest BCUT2D eigenvalue weighted by Gasteiger charge is 2.39. The van der Waals surface area contributed by atoms with Crippen molar-refractivity contribution in [2.75, 3.05) is 13.1 Å². The number of carbonyl (C=O) groups excluding carboxylic acids is 1. The maximum Gasteiger partial charge on any atom is 0.254 e. The van der Waals surface area contributed by atoms with Gasteiger partial charge in [-0.3, -0.25) is 9.69 Å². The number of halogens is 4. The molecule has 0 bridgehead atoms. The highest BCUT2D eigenvalue weighted by Crippen LogP contribution is 2.33. The third-order valence-electron chi connectivity index (χ3n) is 3.45. The number of likely N-dealkylation sites (tertiary alicyclic amines) is 1. The van der Waals surface area contributed by atoms with Gasteiger partial charge >= 0.3 is 0 Å². The summed E-state index contributed by atoms with van der Waals surface area (Å²) in [5.41, 5.74) is 0.371. The number of nitrogens with one attached hydrogen (secondary N) is 1. The molecule has 21 heavy (non-hydrogen) atoms. The van der Waals surface area contributed by atoms with Crippen LogP contribution in [0.4, 0.5) is 0 Å². The molecule has 0 radical (unpaired) electrons. The minimum Gasteiger partial charge on any atom is -0.332 e. The van der Waals surface area contributed by atoms with E-state index in [4.69, 9.17) is 46.4 Å². The van der Waals surface area contributed by atoms with E-state index < -0.39 is 9.96 Å². The fourth-order valence-electron chi connectivity index (χ4n) is 2.40. The zero-order chi connectivity index (χ0) is 15.5. The zero-order valence-corrected chi connectivity index (χ0v) is 14.3. The summed E-state index contributed by atoms with van der Waals surface area (Å²) in [6.07, 6.45) is 2.53. The predicted molar refractivity (Wildman–Crippen MR) is 88.4 cm³/mol. The quantitative estimate of drug-likeness (QED) is 0.807. The first-order chi connectivity index (χ1) is 9.89. The summed E-state index contributed by atoms with van der Waals surface area (Å²) in [5, 5.41) is 3.16. The van der Waals surface area contributed by atoms with E-state index in [-0.39, 0.29) is 5.91 Å². The van der Waals surface area contributed by atoms with Crippen LogP contribution in [0.5, 0.6) is 0 Å². The van der Waals surface area contributed by atoms with Crippen molar-refractivity contribution >= 4 is 52.3 Å². The van der Waals surface area contributed by atoms with E-state index in [0.717, 1.165) is 32.4 Å². The lowest BCUT2D eigenvalue weighted by atomic mass is 10.1. The lowest BCUT2D eigenvalue weighted by Gasteiger charge is -2.38. The van der Waals surface area contributed by atoms with Crippen LogP contribution in [0.2, 0.25) is 5.02 Å². The number of nitrogens with zero attached hydrogens (tertiary/aromatic N) is 1. The van der Waals surface area contributed by atoms with Crippen molar-refractivity contribution in [3.63, 3.8) is 0 Å². The van der Waals surface area contributed by atoms with Crippen molar-refractivity contribution in [3.8, 4) is 0 Å². The second-order valence-electron chi connectivity index (χ2n) is 4.99. The fraction of sp³-hybridized carbons (Fsp3) is 0.500. The summed E-state index contributed by atoms with van der Waals surface area (Å²) in [7, 11) is 0. The molecule has 116 valence electrons. The van der Waals surface area contributed by atoms with Crippen LogP contribution in [0.3, 0.4) is 0 Å². The van der Waals surface area contributed by atoms with Crippen LogP contribution in [0.25, 0.3) is 0 Å². The minimum absolute atomic E-state index is 0.345. The Kier molecular flexibility index (Phi) is 6.04. The van der Waals surface area contributed by atoms with Crippen LogP contribution >= 0.6 is 46.4 Å². The molecule has 7 heteroatoms. The summed E-state index contributed by atoms with van der Waals surface area (Å²) in [6.45, 7) is 1.59. The molecule has 0 aliphatic carbocycles. The number of alkyl halides is 3. The third-order valence-corrected chi connectivity index (χ3v) is 4.40. The van der Waals surface area contributed by atoms with Gasteiger partial charge in [0.05, 0.1) is 10.6 Å². The minimum atomic E-state index is -1.60. The van der Waals surface area contributed by atoms with Gasteiger partial charge in [-0.15, -0.1) is 0 Å². The monoisotopic (exact) mass is 368 g/mol. The molecule has 0 unspecified atom stereocenters.